The number of nitrogens with one attached hydrogen (secondary N) is 2. The van der Waals surface area contributed by atoms with Gasteiger partial charge in [-0.2, -0.15) is 0 Å². The van der Waals surface area contributed by atoms with Gasteiger partial charge in [-0.1, -0.05) is 36.4 Å². The lowest BCUT2D eigenvalue weighted by Crippen LogP contribution is -2.08. The second-order valence-corrected chi connectivity index (χ2v) is 6.17. The predicted molar refractivity (Wildman–Crippen MR) is 104 cm³/mol. The Morgan fingerprint density at radius 3 is 2.54 bits per heavy atom. The van der Waals surface area contributed by atoms with E-state index in [9.17, 15) is 4.79 Å². The van der Waals surface area contributed by atoms with Gasteiger partial charge in [-0.3, -0.25) is 4.79 Å². The molecule has 0 bridgehead atoms. The van der Waals surface area contributed by atoms with E-state index in [4.69, 9.17) is 0 Å². The van der Waals surface area contributed by atoms with Crippen LogP contribution in [-0.2, 0) is 0 Å². The summed E-state index contributed by atoms with van der Waals surface area (Å²) in [7, 11) is 0. The zero-order valence-electron chi connectivity index (χ0n) is 14.3. The number of fused-ring (bicyclic) bond motifs is 1. The number of nitrogens with zero attached hydrogens (tertiary/aromatic N) is 2. The molecule has 2 aromatic heterocycles. The number of rotatable bonds is 4. The first-order valence-corrected chi connectivity index (χ1v) is 8.46. The van der Waals surface area contributed by atoms with Crippen molar-refractivity contribution in [3.8, 4) is 11.1 Å². The fraction of sp³-hybridized carbons (Fsp3) is 0.0952. The molecule has 0 saturated heterocycles. The molecule has 26 heavy (non-hydrogen) atoms. The Bertz CT molecular complexity index is 1090. The van der Waals surface area contributed by atoms with Crippen molar-refractivity contribution < 1.29 is 0 Å². The third kappa shape index (κ3) is 3.19. The van der Waals surface area contributed by atoms with Crippen LogP contribution in [0.2, 0.25) is 0 Å². The summed E-state index contributed by atoms with van der Waals surface area (Å²) in [5.41, 5.74) is 3.89. The number of hydrogen-bond acceptors (Lipinski definition) is 4. The quantitative estimate of drug-likeness (QED) is 0.584. The highest BCUT2D eigenvalue weighted by Gasteiger charge is 2.10. The van der Waals surface area contributed by atoms with Crippen LogP contribution in [-0.4, -0.2) is 15.0 Å². The first-order chi connectivity index (χ1) is 12.7. The van der Waals surface area contributed by atoms with Crippen LogP contribution in [0.15, 0.2) is 78.0 Å². The number of aromatic nitrogens is 3. The fourth-order valence-corrected chi connectivity index (χ4v) is 2.97. The van der Waals surface area contributed by atoms with Crippen LogP contribution in [0.1, 0.15) is 18.5 Å². The van der Waals surface area contributed by atoms with Crippen LogP contribution in [0.5, 0.6) is 0 Å². The van der Waals surface area contributed by atoms with Gasteiger partial charge in [-0.15, -0.1) is 0 Å². The monoisotopic (exact) mass is 342 g/mol. The molecule has 2 aromatic carbocycles. The predicted octanol–water partition coefficient (Wildman–Crippen LogP) is 4.16. The average molecular weight is 342 g/mol. The van der Waals surface area contributed by atoms with Crippen LogP contribution < -0.4 is 10.9 Å². The van der Waals surface area contributed by atoms with E-state index in [-0.39, 0.29) is 11.6 Å². The number of benzene rings is 2. The third-order valence-corrected chi connectivity index (χ3v) is 4.41. The molecule has 1 atom stereocenters. The Morgan fingerprint density at radius 2 is 1.77 bits per heavy atom. The molecule has 0 aliphatic carbocycles. The molecule has 0 saturated carbocycles. The van der Waals surface area contributed by atoms with Crippen molar-refractivity contribution in [2.45, 2.75) is 13.0 Å². The Balaban J connectivity index is 1.74. The summed E-state index contributed by atoms with van der Waals surface area (Å²) in [4.78, 5) is 22.8. The lowest BCUT2D eigenvalue weighted by molar-refractivity contribution is 0.876. The van der Waals surface area contributed by atoms with Gasteiger partial charge in [0.25, 0.3) is 0 Å². The van der Waals surface area contributed by atoms with E-state index in [0.29, 0.717) is 0 Å². The largest absolute Gasteiger partial charge is 0.363 e. The number of anilines is 1. The molecular formula is C21H18N4O. The van der Waals surface area contributed by atoms with Crippen LogP contribution in [0.4, 0.5) is 5.82 Å². The topological polar surface area (TPSA) is 70.7 Å². The average Bonchev–Trinajstić information content (AvgIpc) is 2.69. The minimum absolute atomic E-state index is 0.114. The van der Waals surface area contributed by atoms with E-state index in [1.807, 2.05) is 42.5 Å². The fourth-order valence-electron chi connectivity index (χ4n) is 2.97. The molecule has 128 valence electrons. The Kier molecular flexibility index (Phi) is 4.19. The van der Waals surface area contributed by atoms with Gasteiger partial charge in [0.05, 0.1) is 5.52 Å². The van der Waals surface area contributed by atoms with Gasteiger partial charge in [0, 0.05) is 23.7 Å². The molecule has 4 aromatic rings. The molecule has 0 spiro atoms. The third-order valence-electron chi connectivity index (χ3n) is 4.41. The number of hydrogen-bond donors (Lipinski definition) is 2. The molecule has 0 aliphatic rings. The summed E-state index contributed by atoms with van der Waals surface area (Å²) in [5, 5.41) is 4.42. The van der Waals surface area contributed by atoms with Crippen molar-refractivity contribution in [1.82, 2.24) is 15.0 Å². The molecule has 0 fully saturated rings. The summed E-state index contributed by atoms with van der Waals surface area (Å²) < 4.78 is 0. The normalized spacial score (nSPS) is 12.0. The molecule has 0 radical (unpaired) electrons. The molecule has 5 nitrogen and oxygen atoms in total. The highest BCUT2D eigenvalue weighted by Crippen LogP contribution is 2.28. The van der Waals surface area contributed by atoms with E-state index in [0.717, 1.165) is 27.8 Å². The maximum atomic E-state index is 11.3. The van der Waals surface area contributed by atoms with Crippen LogP contribution in [0.3, 0.4) is 0 Å². The summed E-state index contributed by atoms with van der Waals surface area (Å²) >= 11 is 0. The van der Waals surface area contributed by atoms with Gasteiger partial charge >= 0.3 is 0 Å². The molecule has 0 aliphatic heterocycles. The minimum atomic E-state index is -0.114. The number of pyridine rings is 1. The maximum absolute atomic E-state index is 11.3. The second kappa shape index (κ2) is 6.80. The Morgan fingerprint density at radius 1 is 0.962 bits per heavy atom. The van der Waals surface area contributed by atoms with Crippen molar-refractivity contribution in [2.75, 3.05) is 5.32 Å². The van der Waals surface area contributed by atoms with Gasteiger partial charge in [-0.25, -0.2) is 9.97 Å². The van der Waals surface area contributed by atoms with Crippen LogP contribution in [0.25, 0.3) is 22.0 Å². The maximum Gasteiger partial charge on any atom is 0.247 e. The molecule has 5 heteroatoms. The van der Waals surface area contributed by atoms with Gasteiger partial charge in [0.2, 0.25) is 5.56 Å². The first kappa shape index (κ1) is 16.0. The van der Waals surface area contributed by atoms with E-state index < -0.39 is 0 Å². The van der Waals surface area contributed by atoms with Crippen molar-refractivity contribution in [2.24, 2.45) is 0 Å². The smallest absolute Gasteiger partial charge is 0.247 e. The van der Waals surface area contributed by atoms with E-state index in [1.165, 1.54) is 11.6 Å². The lowest BCUT2D eigenvalue weighted by Gasteiger charge is -2.16. The molecule has 2 heterocycles. The zero-order valence-corrected chi connectivity index (χ0v) is 14.3. The van der Waals surface area contributed by atoms with Gasteiger partial charge < -0.3 is 10.3 Å². The first-order valence-electron chi connectivity index (χ1n) is 8.46. The van der Waals surface area contributed by atoms with E-state index in [2.05, 4.69) is 39.3 Å². The van der Waals surface area contributed by atoms with Gasteiger partial charge in [0.1, 0.15) is 12.1 Å². The molecule has 4 rings (SSSR count). The SMILES string of the molecule is CC(Nc1ncnc2ccc(-c3ccc(=O)[nH]c3)cc12)c1ccccc1. The van der Waals surface area contributed by atoms with Gasteiger partial charge in [-0.05, 0) is 41.8 Å². The standard InChI is InChI=1S/C21H18N4O/c1-14(15-5-3-2-4-6-15)25-21-18-11-16(7-9-19(18)23-13-24-21)17-8-10-20(26)22-12-17/h2-14H,1H3,(H,22,26)(H,23,24,25). The van der Waals surface area contributed by atoms with Crippen molar-refractivity contribution >= 4 is 16.7 Å². The molecule has 1 unspecified atom stereocenters. The van der Waals surface area contributed by atoms with Crippen LogP contribution in [0, 0.1) is 0 Å². The summed E-state index contributed by atoms with van der Waals surface area (Å²) in [5.74, 6) is 0.789. The second-order valence-electron chi connectivity index (χ2n) is 6.17. The number of H-pyrrole nitrogens is 1. The minimum Gasteiger partial charge on any atom is -0.363 e. The molecule has 0 amide bonds. The highest BCUT2D eigenvalue weighted by atomic mass is 16.1. The lowest BCUT2D eigenvalue weighted by atomic mass is 10.0. The van der Waals surface area contributed by atoms with Crippen molar-refractivity contribution in [1.29, 1.82) is 0 Å². The highest BCUT2D eigenvalue weighted by molar-refractivity contribution is 5.92. The van der Waals surface area contributed by atoms with Crippen molar-refractivity contribution in [3.05, 3.63) is 89.1 Å². The van der Waals surface area contributed by atoms with Crippen molar-refractivity contribution in [3.63, 3.8) is 0 Å². The zero-order chi connectivity index (χ0) is 17.9. The van der Waals surface area contributed by atoms with Gasteiger partial charge in [0.15, 0.2) is 0 Å². The summed E-state index contributed by atoms with van der Waals surface area (Å²) in [6.07, 6.45) is 3.29. The summed E-state index contributed by atoms with van der Waals surface area (Å²) in [6, 6.07) is 19.7. The molecule has 2 N–H and O–H groups in total. The Hall–Kier alpha value is -3.47. The molecular weight excluding hydrogens is 324 g/mol. The van der Waals surface area contributed by atoms with Crippen LogP contribution >= 0.6 is 0 Å². The van der Waals surface area contributed by atoms with E-state index >= 15 is 0 Å². The summed E-state index contributed by atoms with van der Waals surface area (Å²) in [6.45, 7) is 2.11. The Labute approximate surface area is 150 Å². The van der Waals surface area contributed by atoms with E-state index in [1.54, 1.807) is 12.5 Å². The number of aromatic amines is 1.